The van der Waals surface area contributed by atoms with E-state index in [9.17, 15) is 9.59 Å². The minimum Gasteiger partial charge on any atom is -0.492 e. The van der Waals surface area contributed by atoms with Crippen molar-refractivity contribution in [1.29, 1.82) is 0 Å². The van der Waals surface area contributed by atoms with Crippen molar-refractivity contribution < 1.29 is 13.9 Å². The standard InChI is InChI=1S/C21H23FN4O3/c1-12(27)14-11-26(2)19-15(20(14)28)17(23)16(22)18(21(19)29-3)25-10-6-8-13-7-4-5-9-24-13/h4-5,7,9,11,25H,6,8,10,23H2,1-3H3. The summed E-state index contributed by atoms with van der Waals surface area (Å²) < 4.78 is 22.0. The number of aryl methyl sites for hydroxylation is 2. The number of ketones is 1. The number of hydrogen-bond donors (Lipinski definition) is 2. The molecule has 1 aromatic carbocycles. The number of rotatable bonds is 7. The number of benzene rings is 1. The van der Waals surface area contributed by atoms with E-state index in [0.717, 1.165) is 12.1 Å². The summed E-state index contributed by atoms with van der Waals surface area (Å²) >= 11 is 0. The molecule has 0 aliphatic carbocycles. The van der Waals surface area contributed by atoms with E-state index in [1.54, 1.807) is 17.8 Å². The molecule has 0 atom stereocenters. The monoisotopic (exact) mass is 398 g/mol. The molecule has 0 saturated carbocycles. The Labute approximate surface area is 167 Å². The van der Waals surface area contributed by atoms with E-state index in [4.69, 9.17) is 10.5 Å². The van der Waals surface area contributed by atoms with Crippen LogP contribution < -0.4 is 21.2 Å². The van der Waals surface area contributed by atoms with Crippen molar-refractivity contribution in [3.63, 3.8) is 0 Å². The first kappa shape index (κ1) is 20.3. The van der Waals surface area contributed by atoms with Crippen LogP contribution in [-0.2, 0) is 13.5 Å². The van der Waals surface area contributed by atoms with Crippen LogP contribution in [0.2, 0.25) is 0 Å². The average Bonchev–Trinajstić information content (AvgIpc) is 2.71. The molecule has 0 aliphatic rings. The predicted octanol–water partition coefficient (Wildman–Crippen LogP) is 2.91. The second kappa shape index (κ2) is 8.30. The molecular formula is C21H23FN4O3. The largest absolute Gasteiger partial charge is 0.492 e. The van der Waals surface area contributed by atoms with E-state index in [0.29, 0.717) is 18.5 Å². The van der Waals surface area contributed by atoms with E-state index in [1.165, 1.54) is 20.2 Å². The Hall–Kier alpha value is -3.42. The summed E-state index contributed by atoms with van der Waals surface area (Å²) in [7, 11) is 3.05. The van der Waals surface area contributed by atoms with Crippen molar-refractivity contribution in [3.05, 3.63) is 57.9 Å². The van der Waals surface area contributed by atoms with E-state index in [1.807, 2.05) is 18.2 Å². The predicted molar refractivity (Wildman–Crippen MR) is 111 cm³/mol. The first-order valence-corrected chi connectivity index (χ1v) is 9.19. The number of nitrogens with two attached hydrogens (primary N) is 1. The molecule has 0 fully saturated rings. The van der Waals surface area contributed by atoms with Gasteiger partial charge in [0, 0.05) is 31.7 Å². The van der Waals surface area contributed by atoms with E-state index >= 15 is 4.39 Å². The lowest BCUT2D eigenvalue weighted by Gasteiger charge is -2.19. The number of carbonyl (C=O) groups is 1. The highest BCUT2D eigenvalue weighted by molar-refractivity contribution is 6.04. The van der Waals surface area contributed by atoms with Gasteiger partial charge in [0.05, 0.1) is 29.3 Å². The van der Waals surface area contributed by atoms with Gasteiger partial charge in [-0.1, -0.05) is 6.07 Å². The number of carbonyl (C=O) groups excluding carboxylic acids is 1. The number of aromatic nitrogens is 2. The van der Waals surface area contributed by atoms with Gasteiger partial charge in [0.25, 0.3) is 0 Å². The molecule has 0 unspecified atom stereocenters. The zero-order chi connectivity index (χ0) is 21.1. The lowest BCUT2D eigenvalue weighted by Crippen LogP contribution is -2.20. The Morgan fingerprint density at radius 2 is 2.14 bits per heavy atom. The summed E-state index contributed by atoms with van der Waals surface area (Å²) in [5.41, 5.74) is 6.36. The smallest absolute Gasteiger partial charge is 0.202 e. The fraction of sp³-hybridized carbons (Fsp3) is 0.286. The number of nitrogens with one attached hydrogen (secondary N) is 1. The van der Waals surface area contributed by atoms with E-state index < -0.39 is 17.0 Å². The quantitative estimate of drug-likeness (QED) is 0.361. The minimum absolute atomic E-state index is 0.0516. The van der Waals surface area contributed by atoms with Crippen molar-refractivity contribution in [1.82, 2.24) is 9.55 Å². The van der Waals surface area contributed by atoms with Crippen molar-refractivity contribution in [2.24, 2.45) is 7.05 Å². The van der Waals surface area contributed by atoms with Gasteiger partial charge in [0.2, 0.25) is 5.43 Å². The van der Waals surface area contributed by atoms with Gasteiger partial charge in [0.1, 0.15) is 5.69 Å². The number of ether oxygens (including phenoxy) is 1. The Balaban J connectivity index is 2.01. The molecule has 0 radical (unpaired) electrons. The second-order valence-corrected chi connectivity index (χ2v) is 6.75. The summed E-state index contributed by atoms with van der Waals surface area (Å²) in [4.78, 5) is 28.8. The molecule has 8 heteroatoms. The molecule has 7 nitrogen and oxygen atoms in total. The number of halogens is 1. The molecule has 3 rings (SSSR count). The van der Waals surface area contributed by atoms with Gasteiger partial charge in [-0.2, -0.15) is 0 Å². The van der Waals surface area contributed by atoms with Gasteiger partial charge in [-0.25, -0.2) is 4.39 Å². The molecule has 2 aromatic heterocycles. The number of nitrogens with zero attached hydrogens (tertiary/aromatic N) is 2. The van der Waals surface area contributed by atoms with E-state index in [-0.39, 0.29) is 28.1 Å². The Kier molecular flexibility index (Phi) is 5.81. The normalized spacial score (nSPS) is 10.9. The Morgan fingerprint density at radius 3 is 2.76 bits per heavy atom. The molecule has 0 bridgehead atoms. The molecule has 0 spiro atoms. The van der Waals surface area contributed by atoms with Gasteiger partial charge in [-0.3, -0.25) is 14.6 Å². The number of anilines is 2. The maximum atomic E-state index is 15.1. The molecule has 0 amide bonds. The van der Waals surface area contributed by atoms with Crippen LogP contribution in [0.25, 0.3) is 10.9 Å². The lowest BCUT2D eigenvalue weighted by atomic mass is 10.0. The van der Waals surface area contributed by atoms with E-state index in [2.05, 4.69) is 10.3 Å². The summed E-state index contributed by atoms with van der Waals surface area (Å²) in [6, 6.07) is 5.69. The molecule has 0 aliphatic heterocycles. The topological polar surface area (TPSA) is 99.2 Å². The summed E-state index contributed by atoms with van der Waals surface area (Å²) in [6.45, 7) is 1.73. The van der Waals surface area contributed by atoms with Crippen LogP contribution in [-0.4, -0.2) is 29.0 Å². The number of fused-ring (bicyclic) bond motifs is 1. The summed E-state index contributed by atoms with van der Waals surface area (Å²) in [5.74, 6) is -1.02. The Bertz CT molecular complexity index is 1130. The third-order valence-corrected chi connectivity index (χ3v) is 4.77. The van der Waals surface area contributed by atoms with Gasteiger partial charge >= 0.3 is 0 Å². The Morgan fingerprint density at radius 1 is 1.38 bits per heavy atom. The van der Waals surface area contributed by atoms with Gasteiger partial charge in [-0.15, -0.1) is 0 Å². The first-order valence-electron chi connectivity index (χ1n) is 9.19. The highest BCUT2D eigenvalue weighted by Gasteiger charge is 2.24. The number of nitrogen functional groups attached to an aromatic ring is 1. The van der Waals surface area contributed by atoms with Crippen LogP contribution in [0.15, 0.2) is 35.4 Å². The van der Waals surface area contributed by atoms with Gasteiger partial charge in [-0.05, 0) is 31.9 Å². The highest BCUT2D eigenvalue weighted by atomic mass is 19.1. The molecule has 3 N–H and O–H groups in total. The average molecular weight is 398 g/mol. The van der Waals surface area contributed by atoms with Crippen molar-refractivity contribution in [2.75, 3.05) is 24.7 Å². The highest BCUT2D eigenvalue weighted by Crippen LogP contribution is 2.39. The zero-order valence-electron chi connectivity index (χ0n) is 16.6. The fourth-order valence-corrected chi connectivity index (χ4v) is 3.36. The molecule has 152 valence electrons. The summed E-state index contributed by atoms with van der Waals surface area (Å²) in [6.07, 6.45) is 4.57. The number of pyridine rings is 2. The van der Waals surface area contributed by atoms with Crippen molar-refractivity contribution >= 4 is 28.1 Å². The van der Waals surface area contributed by atoms with Crippen LogP contribution in [0.3, 0.4) is 0 Å². The maximum absolute atomic E-state index is 15.1. The third kappa shape index (κ3) is 3.78. The molecule has 3 aromatic rings. The SMILES string of the molecule is COc1c(NCCCc2ccccn2)c(F)c(N)c2c(=O)c(C(C)=O)cn(C)c12. The maximum Gasteiger partial charge on any atom is 0.202 e. The van der Waals surface area contributed by atoms with Gasteiger partial charge < -0.3 is 20.4 Å². The lowest BCUT2D eigenvalue weighted by molar-refractivity contribution is 0.101. The number of methoxy groups -OCH3 is 1. The second-order valence-electron chi connectivity index (χ2n) is 6.75. The molecule has 0 saturated heterocycles. The van der Waals surface area contributed by atoms with Crippen LogP contribution in [0.1, 0.15) is 29.4 Å². The van der Waals surface area contributed by atoms with Crippen LogP contribution in [0.5, 0.6) is 5.75 Å². The zero-order valence-corrected chi connectivity index (χ0v) is 16.6. The fourth-order valence-electron chi connectivity index (χ4n) is 3.36. The molecule has 29 heavy (non-hydrogen) atoms. The number of Topliss-reactive ketones (excluding diaryl/α,β-unsaturated/α-hetero) is 1. The van der Waals surface area contributed by atoms with Crippen LogP contribution in [0, 0.1) is 5.82 Å². The van der Waals surface area contributed by atoms with Crippen LogP contribution >= 0.6 is 0 Å². The summed E-state index contributed by atoms with van der Waals surface area (Å²) in [5, 5.41) is 2.97. The molecule has 2 heterocycles. The van der Waals surface area contributed by atoms with Crippen LogP contribution in [0.4, 0.5) is 15.8 Å². The minimum atomic E-state index is -0.773. The third-order valence-electron chi connectivity index (χ3n) is 4.77. The van der Waals surface area contributed by atoms with Gasteiger partial charge in [0.15, 0.2) is 17.3 Å². The molecular weight excluding hydrogens is 375 g/mol. The van der Waals surface area contributed by atoms with Crippen molar-refractivity contribution in [3.8, 4) is 5.75 Å². The van der Waals surface area contributed by atoms with Crippen molar-refractivity contribution in [2.45, 2.75) is 19.8 Å². The first-order chi connectivity index (χ1) is 13.9. The number of hydrogen-bond acceptors (Lipinski definition) is 6.